The Morgan fingerprint density at radius 3 is 2.07 bits per heavy atom. The summed E-state index contributed by atoms with van der Waals surface area (Å²) in [6.45, 7) is 4.93. The molecule has 16 heteroatoms. The van der Waals surface area contributed by atoms with Crippen molar-refractivity contribution < 1.29 is 35.2 Å². The third-order valence-corrected chi connectivity index (χ3v) is 12.7. The molecule has 55 heavy (non-hydrogen) atoms. The molecule has 290 valence electrons. The van der Waals surface area contributed by atoms with Gasteiger partial charge in [-0.05, 0) is 53.6 Å². The minimum absolute atomic E-state index is 0.00853. The lowest BCUT2D eigenvalue weighted by Crippen LogP contribution is -2.56. The maximum atomic E-state index is 15.0. The number of nitrogens with one attached hydrogen (secondary N) is 3. The third kappa shape index (κ3) is 9.16. The molecule has 1 atom stereocenters. The number of ketones is 1. The molecule has 0 amide bonds. The third-order valence-electron chi connectivity index (χ3n) is 9.36. The second-order valence-electron chi connectivity index (χ2n) is 14.2. The van der Waals surface area contributed by atoms with Crippen LogP contribution in [0.2, 0.25) is 0 Å². The molecule has 0 bridgehead atoms. The van der Waals surface area contributed by atoms with Gasteiger partial charge < -0.3 is 10.4 Å². The number of aliphatic hydroxyl groups is 1. The molecular formula is C39H43N5O8S3. The number of hydrogen-bond acceptors (Lipinski definition) is 10. The average molecular weight is 806 g/mol. The van der Waals surface area contributed by atoms with Gasteiger partial charge >= 0.3 is 0 Å². The normalized spacial score (nSPS) is 18.1. The quantitative estimate of drug-likeness (QED) is 0.121. The summed E-state index contributed by atoms with van der Waals surface area (Å²) in [6.07, 6.45) is 1.30. The number of fused-ring (bicyclic) bond motifs is 2. The maximum Gasteiger partial charge on any atom is 0.286 e. The molecule has 0 spiro atoms. The number of hydrogen-bond donors (Lipinski definition) is 4. The van der Waals surface area contributed by atoms with E-state index < -0.39 is 58.6 Å². The van der Waals surface area contributed by atoms with E-state index in [-0.39, 0.29) is 52.0 Å². The van der Waals surface area contributed by atoms with Crippen molar-refractivity contribution in [2.75, 3.05) is 28.6 Å². The van der Waals surface area contributed by atoms with E-state index in [4.69, 9.17) is 0 Å². The molecule has 1 aliphatic carbocycles. The van der Waals surface area contributed by atoms with Crippen molar-refractivity contribution in [3.05, 3.63) is 131 Å². The molecule has 13 nitrogen and oxygen atoms in total. The van der Waals surface area contributed by atoms with Crippen LogP contribution in [-0.2, 0) is 53.5 Å². The highest BCUT2D eigenvalue weighted by Gasteiger charge is 2.51. The van der Waals surface area contributed by atoms with Gasteiger partial charge in [0.25, 0.3) is 10.0 Å². The summed E-state index contributed by atoms with van der Waals surface area (Å²) in [5.74, 6) is -2.29. The summed E-state index contributed by atoms with van der Waals surface area (Å²) in [5.41, 5.74) is -0.136. The van der Waals surface area contributed by atoms with Crippen LogP contribution >= 0.6 is 0 Å². The Hall–Kier alpha value is -4.87. The number of benzene rings is 4. The van der Waals surface area contributed by atoms with Crippen LogP contribution in [0.4, 0.5) is 11.4 Å². The van der Waals surface area contributed by atoms with Gasteiger partial charge in [-0.15, -0.1) is 4.40 Å². The standard InChI is InChI=1S/C39H43N5O8S3/c1-27(2)20-21-39(43-54(49,50)23-22-44(25-28-12-6-4-7-13-28)26-29-14-8-5-9-15-29)32-17-11-10-16-31(32)36(45)35(37(39)46)38-40-33-19-18-30(41-53(3,47)48)24-34(33)55(51,52)42-38/h4-19,24,27,41,43,45H,20-23,25-26H2,1-3H3,(H,40,42). The van der Waals surface area contributed by atoms with Crippen LogP contribution in [0.1, 0.15) is 48.9 Å². The molecule has 0 saturated heterocycles. The zero-order chi connectivity index (χ0) is 39.6. The number of amidine groups is 1. The maximum absolute atomic E-state index is 15.0. The first-order valence-electron chi connectivity index (χ1n) is 17.6. The Kier molecular flexibility index (Phi) is 11.4. The van der Waals surface area contributed by atoms with E-state index in [1.54, 1.807) is 18.2 Å². The van der Waals surface area contributed by atoms with Gasteiger partial charge in [-0.3, -0.25) is 14.4 Å². The minimum Gasteiger partial charge on any atom is -0.506 e. The number of aliphatic hydroxyl groups excluding tert-OH is 1. The molecule has 2 aliphatic rings. The van der Waals surface area contributed by atoms with E-state index >= 15 is 4.79 Å². The number of Topliss-reactive ketones (excluding diaryl/α,β-unsaturated/α-hetero) is 1. The van der Waals surface area contributed by atoms with Crippen LogP contribution in [0.15, 0.2) is 118 Å². The highest BCUT2D eigenvalue weighted by molar-refractivity contribution is 7.92. The van der Waals surface area contributed by atoms with Gasteiger partial charge in [0.1, 0.15) is 21.8 Å². The Balaban J connectivity index is 1.38. The smallest absolute Gasteiger partial charge is 0.286 e. The van der Waals surface area contributed by atoms with Crippen molar-refractivity contribution in [1.29, 1.82) is 0 Å². The molecule has 4 aromatic rings. The van der Waals surface area contributed by atoms with Gasteiger partial charge in [0.15, 0.2) is 11.6 Å². The van der Waals surface area contributed by atoms with Gasteiger partial charge in [-0.2, -0.15) is 13.1 Å². The fourth-order valence-electron chi connectivity index (χ4n) is 6.77. The van der Waals surface area contributed by atoms with Crippen molar-refractivity contribution >= 4 is 58.8 Å². The largest absolute Gasteiger partial charge is 0.506 e. The summed E-state index contributed by atoms with van der Waals surface area (Å²) in [5, 5.41) is 14.5. The summed E-state index contributed by atoms with van der Waals surface area (Å²) in [6, 6.07) is 29.5. The Labute approximate surface area is 322 Å². The van der Waals surface area contributed by atoms with Crippen LogP contribution in [0, 0.1) is 5.92 Å². The zero-order valence-corrected chi connectivity index (χ0v) is 33.0. The van der Waals surface area contributed by atoms with E-state index in [2.05, 4.69) is 19.2 Å². The van der Waals surface area contributed by atoms with Crippen molar-refractivity contribution in [1.82, 2.24) is 9.62 Å². The zero-order valence-electron chi connectivity index (χ0n) is 30.6. The number of anilines is 2. The lowest BCUT2D eigenvalue weighted by molar-refractivity contribution is -0.121. The summed E-state index contributed by atoms with van der Waals surface area (Å²) in [7, 11) is -12.6. The Bertz CT molecular complexity index is 2450. The first kappa shape index (κ1) is 39.8. The highest BCUT2D eigenvalue weighted by atomic mass is 32.2. The fraction of sp³-hybridized carbons (Fsp3) is 0.282. The monoisotopic (exact) mass is 805 g/mol. The first-order chi connectivity index (χ1) is 26.0. The molecule has 1 aliphatic heterocycles. The molecule has 0 aromatic heterocycles. The number of rotatable bonds is 15. The van der Waals surface area contributed by atoms with Gasteiger partial charge in [-0.1, -0.05) is 98.8 Å². The minimum atomic E-state index is -4.56. The Morgan fingerprint density at radius 2 is 1.47 bits per heavy atom. The van der Waals surface area contributed by atoms with Crippen molar-refractivity contribution in [2.24, 2.45) is 10.3 Å². The first-order valence-corrected chi connectivity index (χ1v) is 22.6. The molecular weight excluding hydrogens is 763 g/mol. The number of sulfonamides is 3. The molecule has 1 heterocycles. The molecule has 4 N–H and O–H groups in total. The predicted molar refractivity (Wildman–Crippen MR) is 214 cm³/mol. The van der Waals surface area contributed by atoms with Gasteiger partial charge in [-0.25, -0.2) is 16.8 Å². The van der Waals surface area contributed by atoms with Crippen LogP contribution in [0.3, 0.4) is 0 Å². The van der Waals surface area contributed by atoms with Crippen LogP contribution < -0.4 is 14.8 Å². The SMILES string of the molecule is CC(C)CCC1(NS(=O)(=O)CCN(Cc2ccccc2)Cc2ccccc2)C(=O)C(C2=NS(=O)(=O)c3cc(NS(C)(=O)=O)ccc3N2)=C(O)c2ccccc21. The van der Waals surface area contributed by atoms with E-state index in [1.165, 1.54) is 18.2 Å². The highest BCUT2D eigenvalue weighted by Crippen LogP contribution is 2.44. The molecule has 4 aromatic carbocycles. The van der Waals surface area contributed by atoms with Crippen molar-refractivity contribution in [3.63, 3.8) is 0 Å². The van der Waals surface area contributed by atoms with E-state index in [1.807, 2.05) is 79.4 Å². The van der Waals surface area contributed by atoms with Crippen molar-refractivity contribution in [3.8, 4) is 0 Å². The predicted octanol–water partition coefficient (Wildman–Crippen LogP) is 5.38. The molecule has 0 radical (unpaired) electrons. The molecule has 1 unspecified atom stereocenters. The molecule has 0 saturated carbocycles. The van der Waals surface area contributed by atoms with E-state index in [0.717, 1.165) is 23.4 Å². The summed E-state index contributed by atoms with van der Waals surface area (Å²) >= 11 is 0. The average Bonchev–Trinajstić information content (AvgIpc) is 3.12. The molecule has 6 rings (SSSR count). The van der Waals surface area contributed by atoms with Gasteiger partial charge in [0.2, 0.25) is 20.0 Å². The number of nitrogens with zero attached hydrogens (tertiary/aromatic N) is 2. The molecule has 0 fully saturated rings. The van der Waals surface area contributed by atoms with Crippen LogP contribution in [-0.4, -0.2) is 65.4 Å². The van der Waals surface area contributed by atoms with E-state index in [9.17, 15) is 30.4 Å². The number of carbonyl (C=O) groups excluding carboxylic acids is 1. The topological polar surface area (TPSA) is 191 Å². The second kappa shape index (κ2) is 15.7. The van der Waals surface area contributed by atoms with Crippen LogP contribution in [0.5, 0.6) is 0 Å². The van der Waals surface area contributed by atoms with Crippen molar-refractivity contribution in [2.45, 2.75) is 50.2 Å². The van der Waals surface area contributed by atoms with Crippen LogP contribution in [0.25, 0.3) is 5.76 Å². The second-order valence-corrected chi connectivity index (χ2v) is 19.3. The summed E-state index contributed by atoms with van der Waals surface area (Å²) in [4.78, 5) is 16.7. The summed E-state index contributed by atoms with van der Waals surface area (Å²) < 4.78 is 88.3. The lowest BCUT2D eigenvalue weighted by Gasteiger charge is -2.39. The lowest BCUT2D eigenvalue weighted by atomic mass is 9.72. The number of carbonyl (C=O) groups is 1. The Morgan fingerprint density at radius 1 is 0.873 bits per heavy atom. The van der Waals surface area contributed by atoms with E-state index in [0.29, 0.717) is 19.5 Å². The van der Waals surface area contributed by atoms with Gasteiger partial charge in [0, 0.05) is 30.9 Å². The van der Waals surface area contributed by atoms with Gasteiger partial charge in [0.05, 0.1) is 17.7 Å². The fourth-order valence-corrected chi connectivity index (χ4v) is 9.91.